The Morgan fingerprint density at radius 3 is 2.43 bits per heavy atom. The van der Waals surface area contributed by atoms with Crippen LogP contribution in [0.3, 0.4) is 0 Å². The second-order valence-corrected chi connectivity index (χ2v) is 4.81. The Morgan fingerprint density at radius 1 is 1.36 bits per heavy atom. The third-order valence-corrected chi connectivity index (χ3v) is 3.41. The van der Waals surface area contributed by atoms with Gasteiger partial charge in [-0.25, -0.2) is 0 Å². The zero-order chi connectivity index (χ0) is 10.1. The summed E-state index contributed by atoms with van der Waals surface area (Å²) in [5.41, 5.74) is 1.38. The van der Waals surface area contributed by atoms with Crippen LogP contribution in [-0.2, 0) is 4.79 Å². The molecule has 2 aliphatic heterocycles. The molecule has 0 aliphatic carbocycles. The Balaban J connectivity index is 2.00. The first-order valence-corrected chi connectivity index (χ1v) is 5.57. The molecule has 0 N–H and O–H groups in total. The second kappa shape index (κ2) is 3.85. The molecule has 2 fully saturated rings. The second-order valence-electron chi connectivity index (χ2n) is 4.81. The molecule has 0 aromatic rings. The molecule has 0 spiro atoms. The van der Waals surface area contributed by atoms with Crippen molar-refractivity contribution in [3.8, 4) is 0 Å². The molecule has 2 heteroatoms. The molecule has 2 saturated heterocycles. The summed E-state index contributed by atoms with van der Waals surface area (Å²) in [5, 5.41) is 0. The third-order valence-electron chi connectivity index (χ3n) is 3.41. The quantitative estimate of drug-likeness (QED) is 0.626. The number of ketones is 1. The molecule has 2 atom stereocenters. The number of hydrogen-bond acceptors (Lipinski definition) is 2. The number of hydrogen-bond donors (Lipinski definition) is 0. The molecule has 14 heavy (non-hydrogen) atoms. The highest BCUT2D eigenvalue weighted by atomic mass is 16.1. The zero-order valence-electron chi connectivity index (χ0n) is 9.12. The lowest BCUT2D eigenvalue weighted by Crippen LogP contribution is -2.43. The summed E-state index contributed by atoms with van der Waals surface area (Å²) in [5.74, 6) is 0.478. The molecule has 2 heterocycles. The van der Waals surface area contributed by atoms with E-state index in [4.69, 9.17) is 0 Å². The van der Waals surface area contributed by atoms with E-state index in [1.807, 2.05) is 0 Å². The van der Waals surface area contributed by atoms with Gasteiger partial charge < -0.3 is 0 Å². The Hall–Kier alpha value is -0.630. The van der Waals surface area contributed by atoms with Crippen LogP contribution in [0.4, 0.5) is 0 Å². The van der Waals surface area contributed by atoms with Gasteiger partial charge in [0, 0.05) is 31.5 Å². The van der Waals surface area contributed by atoms with E-state index >= 15 is 0 Å². The van der Waals surface area contributed by atoms with Gasteiger partial charge in [0.15, 0.2) is 0 Å². The van der Waals surface area contributed by atoms with Gasteiger partial charge in [-0.05, 0) is 26.7 Å². The van der Waals surface area contributed by atoms with Gasteiger partial charge in [0.1, 0.15) is 5.78 Å². The van der Waals surface area contributed by atoms with Crippen molar-refractivity contribution in [1.29, 1.82) is 0 Å². The first kappa shape index (κ1) is 9.91. The van der Waals surface area contributed by atoms with E-state index in [1.54, 1.807) is 0 Å². The van der Waals surface area contributed by atoms with Crippen molar-refractivity contribution >= 4 is 5.78 Å². The maximum absolute atomic E-state index is 11.4. The first-order valence-electron chi connectivity index (χ1n) is 5.57. The van der Waals surface area contributed by atoms with E-state index in [1.165, 1.54) is 18.4 Å². The van der Waals surface area contributed by atoms with Crippen molar-refractivity contribution in [3.05, 3.63) is 11.6 Å². The Kier molecular flexibility index (Phi) is 2.73. The number of allylic oxidation sites excluding steroid dienone is 1. The van der Waals surface area contributed by atoms with E-state index in [0.29, 0.717) is 17.9 Å². The normalized spacial score (nSPS) is 32.0. The lowest BCUT2D eigenvalue weighted by atomic mass is 10.0. The fraction of sp³-hybridized carbons (Fsp3) is 0.750. The molecule has 78 valence electrons. The van der Waals surface area contributed by atoms with Gasteiger partial charge in [-0.2, -0.15) is 0 Å². The predicted molar refractivity (Wildman–Crippen MR) is 57.2 cm³/mol. The lowest BCUT2D eigenvalue weighted by Gasteiger charge is -2.33. The highest BCUT2D eigenvalue weighted by molar-refractivity contribution is 5.80. The van der Waals surface area contributed by atoms with Gasteiger partial charge in [0.05, 0.1) is 0 Å². The van der Waals surface area contributed by atoms with Crippen LogP contribution in [0, 0.1) is 0 Å². The van der Waals surface area contributed by atoms with Crippen LogP contribution < -0.4 is 0 Å². The lowest BCUT2D eigenvalue weighted by molar-refractivity contribution is -0.123. The highest BCUT2D eigenvalue weighted by Crippen LogP contribution is 2.33. The minimum absolute atomic E-state index is 0.478. The van der Waals surface area contributed by atoms with Crippen molar-refractivity contribution in [2.75, 3.05) is 6.54 Å². The molecule has 2 aliphatic rings. The summed E-state index contributed by atoms with van der Waals surface area (Å²) < 4.78 is 0. The van der Waals surface area contributed by atoms with Crippen LogP contribution in [0.15, 0.2) is 11.6 Å². The largest absolute Gasteiger partial charge is 0.300 e. The standard InChI is InChI=1S/C12H19NO/c1-9(2)5-6-13-10-3-4-11(13)8-12(14)7-10/h5,10-11H,3-4,6-8H2,1-2H3. The maximum Gasteiger partial charge on any atom is 0.136 e. The predicted octanol–water partition coefficient (Wildman–Crippen LogP) is 2.15. The number of carbonyl (C=O) groups is 1. The van der Waals surface area contributed by atoms with Gasteiger partial charge in [-0.3, -0.25) is 9.69 Å². The van der Waals surface area contributed by atoms with Gasteiger partial charge in [-0.1, -0.05) is 11.6 Å². The number of nitrogens with zero attached hydrogens (tertiary/aromatic N) is 1. The van der Waals surface area contributed by atoms with Crippen LogP contribution >= 0.6 is 0 Å². The maximum atomic E-state index is 11.4. The SMILES string of the molecule is CC(C)=CCN1C2CCC1CC(=O)C2. The van der Waals surface area contributed by atoms with Crippen LogP contribution in [0.5, 0.6) is 0 Å². The van der Waals surface area contributed by atoms with Crippen molar-refractivity contribution in [3.63, 3.8) is 0 Å². The summed E-state index contributed by atoms with van der Waals surface area (Å²) in [4.78, 5) is 13.9. The van der Waals surface area contributed by atoms with E-state index in [0.717, 1.165) is 19.4 Å². The monoisotopic (exact) mass is 193 g/mol. The Labute approximate surface area is 86.0 Å². The number of rotatable bonds is 2. The molecule has 0 aromatic carbocycles. The van der Waals surface area contributed by atoms with E-state index < -0.39 is 0 Å². The first-order chi connectivity index (χ1) is 6.66. The number of piperidine rings is 1. The van der Waals surface area contributed by atoms with Gasteiger partial charge >= 0.3 is 0 Å². The van der Waals surface area contributed by atoms with Crippen LogP contribution in [-0.4, -0.2) is 29.3 Å². The smallest absolute Gasteiger partial charge is 0.136 e. The number of fused-ring (bicyclic) bond motifs is 2. The van der Waals surface area contributed by atoms with Crippen LogP contribution in [0.2, 0.25) is 0 Å². The van der Waals surface area contributed by atoms with Crippen LogP contribution in [0.25, 0.3) is 0 Å². The minimum atomic E-state index is 0.478. The molecule has 2 rings (SSSR count). The van der Waals surface area contributed by atoms with Crippen molar-refractivity contribution in [1.82, 2.24) is 4.90 Å². The summed E-state index contributed by atoms with van der Waals surface area (Å²) in [6.07, 6.45) is 6.33. The van der Waals surface area contributed by atoms with E-state index in [2.05, 4.69) is 24.8 Å². The molecular formula is C12H19NO. The van der Waals surface area contributed by atoms with Gasteiger partial charge in [0.2, 0.25) is 0 Å². The van der Waals surface area contributed by atoms with E-state index in [9.17, 15) is 4.79 Å². The Bertz CT molecular complexity index is 249. The third kappa shape index (κ3) is 1.90. The molecular weight excluding hydrogens is 174 g/mol. The molecule has 2 unspecified atom stereocenters. The minimum Gasteiger partial charge on any atom is -0.300 e. The van der Waals surface area contributed by atoms with Crippen molar-refractivity contribution < 1.29 is 4.79 Å². The average molecular weight is 193 g/mol. The van der Waals surface area contributed by atoms with Crippen molar-refractivity contribution in [2.24, 2.45) is 0 Å². The number of carbonyl (C=O) groups excluding carboxylic acids is 1. The summed E-state index contributed by atoms with van der Waals surface area (Å²) >= 11 is 0. The fourth-order valence-electron chi connectivity index (χ4n) is 2.65. The molecule has 0 aromatic heterocycles. The van der Waals surface area contributed by atoms with Crippen LogP contribution in [0.1, 0.15) is 39.5 Å². The van der Waals surface area contributed by atoms with E-state index in [-0.39, 0.29) is 0 Å². The average Bonchev–Trinajstić information content (AvgIpc) is 2.34. The molecule has 2 nitrogen and oxygen atoms in total. The fourth-order valence-corrected chi connectivity index (χ4v) is 2.65. The summed E-state index contributed by atoms with van der Waals surface area (Å²) in [6.45, 7) is 5.32. The summed E-state index contributed by atoms with van der Waals surface area (Å²) in [7, 11) is 0. The molecule has 0 amide bonds. The molecule has 2 bridgehead atoms. The summed E-state index contributed by atoms with van der Waals surface area (Å²) in [6, 6.07) is 1.11. The zero-order valence-corrected chi connectivity index (χ0v) is 9.12. The highest BCUT2D eigenvalue weighted by Gasteiger charge is 2.39. The van der Waals surface area contributed by atoms with Gasteiger partial charge in [0.25, 0.3) is 0 Å². The molecule has 0 radical (unpaired) electrons. The van der Waals surface area contributed by atoms with Crippen molar-refractivity contribution in [2.45, 2.75) is 51.6 Å². The van der Waals surface area contributed by atoms with Gasteiger partial charge in [-0.15, -0.1) is 0 Å². The molecule has 0 saturated carbocycles. The Morgan fingerprint density at radius 2 is 1.93 bits per heavy atom. The topological polar surface area (TPSA) is 20.3 Å². The number of Topliss-reactive ketones (excluding diaryl/α,β-unsaturated/α-hetero) is 1.